The molecule has 2 aromatic rings. The third-order valence-corrected chi connectivity index (χ3v) is 4.02. The van der Waals surface area contributed by atoms with Crippen LogP contribution in [0, 0.1) is 0 Å². The van der Waals surface area contributed by atoms with Gasteiger partial charge in [0.05, 0.1) is 23.2 Å². The van der Waals surface area contributed by atoms with Gasteiger partial charge in [-0.25, -0.2) is 0 Å². The average Bonchev–Trinajstić information content (AvgIpc) is 2.82. The molecule has 0 aliphatic heterocycles. The van der Waals surface area contributed by atoms with Crippen LogP contribution in [0.3, 0.4) is 0 Å². The number of ether oxygens (including phenoxy) is 1. The van der Waals surface area contributed by atoms with Crippen molar-refractivity contribution in [1.29, 1.82) is 0 Å². The zero-order valence-electron chi connectivity index (χ0n) is 12.2. The van der Waals surface area contributed by atoms with E-state index in [0.29, 0.717) is 24.4 Å². The van der Waals surface area contributed by atoms with E-state index in [1.807, 2.05) is 28.8 Å². The lowest BCUT2D eigenvalue weighted by Crippen LogP contribution is -2.19. The lowest BCUT2D eigenvalue weighted by molar-refractivity contribution is -0.143. The maximum Gasteiger partial charge on any atom is 0.307 e. The second-order valence-corrected chi connectivity index (χ2v) is 5.43. The fourth-order valence-electron chi connectivity index (χ4n) is 1.94. The Kier molecular flexibility index (Phi) is 5.27. The van der Waals surface area contributed by atoms with Crippen LogP contribution in [0.2, 0.25) is 0 Å². The van der Waals surface area contributed by atoms with Crippen molar-refractivity contribution < 1.29 is 14.3 Å². The number of hydrogen-bond donors (Lipinski definition) is 0. The highest BCUT2D eigenvalue weighted by Gasteiger charge is 2.09. The summed E-state index contributed by atoms with van der Waals surface area (Å²) in [6.45, 7) is 4.39. The van der Waals surface area contributed by atoms with Gasteiger partial charge in [-0.3, -0.25) is 9.59 Å². The van der Waals surface area contributed by atoms with Crippen LogP contribution >= 0.6 is 11.3 Å². The van der Waals surface area contributed by atoms with Gasteiger partial charge in [-0.05, 0) is 19.1 Å². The Balaban J connectivity index is 2.39. The van der Waals surface area contributed by atoms with Gasteiger partial charge in [0, 0.05) is 13.0 Å². The number of esters is 1. The van der Waals surface area contributed by atoms with E-state index >= 15 is 0 Å². The Morgan fingerprint density at radius 2 is 2.05 bits per heavy atom. The first kappa shape index (κ1) is 15.4. The Labute approximate surface area is 126 Å². The number of carbonyl (C=O) groups excluding carboxylic acids is 2. The normalized spacial score (nSPS) is 11.8. The molecule has 0 radical (unpaired) electrons. The fraction of sp³-hybridized carbons (Fsp3) is 0.400. The van der Waals surface area contributed by atoms with Crippen LogP contribution in [0.25, 0.3) is 10.2 Å². The third-order valence-electron chi connectivity index (χ3n) is 2.96. The molecule has 0 spiro atoms. The summed E-state index contributed by atoms with van der Waals surface area (Å²) in [4.78, 5) is 27.9. The number of thiazole rings is 1. The van der Waals surface area contributed by atoms with Crippen molar-refractivity contribution >= 4 is 33.4 Å². The molecule has 1 heterocycles. The number of para-hydroxylation sites is 1. The lowest BCUT2D eigenvalue weighted by Gasteiger charge is -2.05. The number of aromatic nitrogens is 1. The minimum atomic E-state index is -0.243. The van der Waals surface area contributed by atoms with E-state index < -0.39 is 0 Å². The molecule has 0 aliphatic carbocycles. The quantitative estimate of drug-likeness (QED) is 0.797. The number of amides is 1. The number of nitrogens with zero attached hydrogens (tertiary/aromatic N) is 2. The Hall–Kier alpha value is -1.95. The molecule has 0 bridgehead atoms. The third kappa shape index (κ3) is 3.78. The number of carbonyl (C=O) groups is 2. The Bertz CT molecular complexity index is 715. The zero-order chi connectivity index (χ0) is 15.2. The molecular formula is C15H18N2O3S. The molecule has 21 heavy (non-hydrogen) atoms. The fourth-order valence-corrected chi connectivity index (χ4v) is 3.02. The van der Waals surface area contributed by atoms with Crippen molar-refractivity contribution in [2.45, 2.75) is 33.2 Å². The van der Waals surface area contributed by atoms with Crippen LogP contribution in [0.4, 0.5) is 0 Å². The van der Waals surface area contributed by atoms with E-state index in [-0.39, 0.29) is 18.3 Å². The van der Waals surface area contributed by atoms with Crippen molar-refractivity contribution in [3.63, 3.8) is 0 Å². The molecule has 5 nitrogen and oxygen atoms in total. The number of fused-ring (bicyclic) bond motifs is 1. The molecular weight excluding hydrogens is 288 g/mol. The topological polar surface area (TPSA) is 60.7 Å². The van der Waals surface area contributed by atoms with Crippen molar-refractivity contribution in [2.75, 3.05) is 6.61 Å². The lowest BCUT2D eigenvalue weighted by atomic mass is 10.3. The van der Waals surface area contributed by atoms with Gasteiger partial charge >= 0.3 is 5.97 Å². The van der Waals surface area contributed by atoms with Crippen molar-refractivity contribution in [3.05, 3.63) is 29.1 Å². The Morgan fingerprint density at radius 3 is 2.76 bits per heavy atom. The van der Waals surface area contributed by atoms with Gasteiger partial charge in [-0.1, -0.05) is 30.4 Å². The van der Waals surface area contributed by atoms with Gasteiger partial charge < -0.3 is 9.30 Å². The summed E-state index contributed by atoms with van der Waals surface area (Å²) in [6, 6.07) is 7.82. The smallest absolute Gasteiger partial charge is 0.307 e. The van der Waals surface area contributed by atoms with Crippen LogP contribution in [0.5, 0.6) is 0 Å². The predicted octanol–water partition coefficient (Wildman–Crippen LogP) is 2.49. The maximum absolute atomic E-state index is 11.6. The van der Waals surface area contributed by atoms with E-state index in [1.165, 1.54) is 11.3 Å². The molecule has 1 aromatic heterocycles. The highest BCUT2D eigenvalue weighted by atomic mass is 32.1. The summed E-state index contributed by atoms with van der Waals surface area (Å²) < 4.78 is 7.90. The molecule has 112 valence electrons. The van der Waals surface area contributed by atoms with Crippen molar-refractivity contribution in [3.8, 4) is 0 Å². The molecule has 0 saturated carbocycles. The maximum atomic E-state index is 11.6. The average molecular weight is 306 g/mol. The summed E-state index contributed by atoms with van der Waals surface area (Å²) in [5.41, 5.74) is 0.981. The number of rotatable bonds is 5. The standard InChI is InChI=1S/C15H18N2O3S/c1-3-13(18)16-15-17(10-9-14(19)20-4-2)11-7-5-6-8-12(11)21-15/h5-8H,3-4,9-10H2,1-2H3. The predicted molar refractivity (Wildman–Crippen MR) is 81.9 cm³/mol. The first-order valence-electron chi connectivity index (χ1n) is 6.97. The first-order valence-corrected chi connectivity index (χ1v) is 7.79. The largest absolute Gasteiger partial charge is 0.466 e. The van der Waals surface area contributed by atoms with Gasteiger partial charge in [-0.2, -0.15) is 4.99 Å². The molecule has 0 atom stereocenters. The monoisotopic (exact) mass is 306 g/mol. The number of hydrogen-bond acceptors (Lipinski definition) is 4. The second kappa shape index (κ2) is 7.17. The van der Waals surface area contributed by atoms with E-state index in [9.17, 15) is 9.59 Å². The van der Waals surface area contributed by atoms with Gasteiger partial charge in [0.15, 0.2) is 4.80 Å². The molecule has 0 fully saturated rings. The van der Waals surface area contributed by atoms with Crippen LogP contribution in [-0.4, -0.2) is 23.1 Å². The summed E-state index contributed by atoms with van der Waals surface area (Å²) in [5, 5.41) is 0. The first-order chi connectivity index (χ1) is 10.2. The Morgan fingerprint density at radius 1 is 1.29 bits per heavy atom. The van der Waals surface area contributed by atoms with E-state index in [0.717, 1.165) is 10.2 Å². The highest BCUT2D eigenvalue weighted by molar-refractivity contribution is 7.16. The summed E-state index contributed by atoms with van der Waals surface area (Å²) >= 11 is 1.46. The molecule has 0 saturated heterocycles. The minimum absolute atomic E-state index is 0.161. The molecule has 1 aromatic carbocycles. The highest BCUT2D eigenvalue weighted by Crippen LogP contribution is 2.17. The zero-order valence-corrected chi connectivity index (χ0v) is 13.0. The van der Waals surface area contributed by atoms with Gasteiger partial charge in [0.2, 0.25) is 5.91 Å². The molecule has 0 aliphatic rings. The molecule has 6 heteroatoms. The summed E-state index contributed by atoms with van der Waals surface area (Å²) in [5.74, 6) is -0.403. The number of benzene rings is 1. The van der Waals surface area contributed by atoms with Crippen molar-refractivity contribution in [1.82, 2.24) is 4.57 Å². The van der Waals surface area contributed by atoms with Crippen LogP contribution < -0.4 is 4.80 Å². The summed E-state index contributed by atoms with van der Waals surface area (Å²) in [7, 11) is 0. The van der Waals surface area contributed by atoms with Crippen LogP contribution in [-0.2, 0) is 20.9 Å². The minimum Gasteiger partial charge on any atom is -0.466 e. The van der Waals surface area contributed by atoms with E-state index in [2.05, 4.69) is 4.99 Å². The van der Waals surface area contributed by atoms with Gasteiger partial charge in [0.1, 0.15) is 0 Å². The molecule has 0 N–H and O–H groups in total. The van der Waals surface area contributed by atoms with Crippen molar-refractivity contribution in [2.24, 2.45) is 4.99 Å². The van der Waals surface area contributed by atoms with E-state index in [1.54, 1.807) is 13.8 Å². The molecule has 0 unspecified atom stereocenters. The SMILES string of the molecule is CCOC(=O)CCn1c(=NC(=O)CC)sc2ccccc21. The second-order valence-electron chi connectivity index (χ2n) is 4.42. The number of aryl methyl sites for hydroxylation is 1. The molecule has 2 rings (SSSR count). The van der Waals surface area contributed by atoms with Crippen LogP contribution in [0.1, 0.15) is 26.7 Å². The van der Waals surface area contributed by atoms with Crippen LogP contribution in [0.15, 0.2) is 29.3 Å². The molecule has 1 amide bonds. The van der Waals surface area contributed by atoms with Gasteiger partial charge in [-0.15, -0.1) is 0 Å². The van der Waals surface area contributed by atoms with Gasteiger partial charge in [0.25, 0.3) is 0 Å². The summed E-state index contributed by atoms with van der Waals surface area (Å²) in [6.07, 6.45) is 0.633. The van der Waals surface area contributed by atoms with E-state index in [4.69, 9.17) is 4.74 Å².